The molecule has 0 radical (unpaired) electrons. The first-order chi connectivity index (χ1) is 6.36. The van der Waals surface area contributed by atoms with Crippen LogP contribution in [0.3, 0.4) is 0 Å². The molecule has 3 heteroatoms. The van der Waals surface area contributed by atoms with E-state index in [1.54, 1.807) is 0 Å². The highest BCUT2D eigenvalue weighted by molar-refractivity contribution is 9.09. The Balaban J connectivity index is 2.11. The molecule has 1 fully saturated rings. The van der Waals surface area contributed by atoms with E-state index in [0.29, 0.717) is 0 Å². The van der Waals surface area contributed by atoms with Crippen molar-refractivity contribution in [3.05, 3.63) is 0 Å². The molecule has 0 bridgehead atoms. The summed E-state index contributed by atoms with van der Waals surface area (Å²) in [6.07, 6.45) is 2.73. The zero-order valence-corrected chi connectivity index (χ0v) is 10.1. The zero-order valence-electron chi connectivity index (χ0n) is 8.47. The van der Waals surface area contributed by atoms with E-state index in [-0.39, 0.29) is 0 Å². The van der Waals surface area contributed by atoms with Gasteiger partial charge in [-0.1, -0.05) is 15.9 Å². The van der Waals surface area contributed by atoms with E-state index in [2.05, 4.69) is 27.8 Å². The molecule has 0 amide bonds. The van der Waals surface area contributed by atoms with Crippen molar-refractivity contribution in [3.8, 4) is 0 Å². The van der Waals surface area contributed by atoms with Gasteiger partial charge in [0.15, 0.2) is 0 Å². The van der Waals surface area contributed by atoms with Crippen LogP contribution in [0.4, 0.5) is 0 Å². The molecule has 1 unspecified atom stereocenters. The minimum atomic E-state index is 0.843. The van der Waals surface area contributed by atoms with Crippen molar-refractivity contribution in [2.75, 3.05) is 38.2 Å². The summed E-state index contributed by atoms with van der Waals surface area (Å²) in [4.78, 5) is 2.52. The van der Waals surface area contributed by atoms with Gasteiger partial charge in [0.2, 0.25) is 0 Å². The van der Waals surface area contributed by atoms with Crippen molar-refractivity contribution in [2.45, 2.75) is 19.8 Å². The highest BCUT2D eigenvalue weighted by Crippen LogP contribution is 2.17. The fourth-order valence-corrected chi connectivity index (χ4v) is 2.35. The maximum Gasteiger partial charge on any atom is 0.0593 e. The van der Waals surface area contributed by atoms with E-state index in [1.165, 1.54) is 25.9 Å². The fraction of sp³-hybridized carbons (Fsp3) is 1.00. The van der Waals surface area contributed by atoms with E-state index in [0.717, 1.165) is 31.0 Å². The lowest BCUT2D eigenvalue weighted by Crippen LogP contribution is -2.38. The van der Waals surface area contributed by atoms with Crippen LogP contribution in [0.1, 0.15) is 19.8 Å². The molecule has 1 aliphatic heterocycles. The first-order valence-corrected chi connectivity index (χ1v) is 6.35. The van der Waals surface area contributed by atoms with Crippen LogP contribution in [0.2, 0.25) is 0 Å². The van der Waals surface area contributed by atoms with Crippen LogP contribution in [0.15, 0.2) is 0 Å². The summed E-state index contributed by atoms with van der Waals surface area (Å²) in [5.41, 5.74) is 0. The van der Waals surface area contributed by atoms with Crippen molar-refractivity contribution >= 4 is 15.9 Å². The lowest BCUT2D eigenvalue weighted by Gasteiger charge is -2.31. The second-order valence-corrected chi connectivity index (χ2v) is 4.31. The Labute approximate surface area is 89.8 Å². The van der Waals surface area contributed by atoms with Gasteiger partial charge in [-0.2, -0.15) is 0 Å². The van der Waals surface area contributed by atoms with Crippen LogP contribution in [0, 0.1) is 5.92 Å². The third-order valence-electron chi connectivity index (χ3n) is 2.58. The lowest BCUT2D eigenvalue weighted by atomic mass is 10.0. The molecule has 0 aliphatic carbocycles. The average molecular weight is 250 g/mol. The number of nitrogens with zero attached hydrogens (tertiary/aromatic N) is 1. The fourth-order valence-electron chi connectivity index (χ4n) is 1.82. The van der Waals surface area contributed by atoms with Crippen molar-refractivity contribution in [2.24, 2.45) is 5.92 Å². The summed E-state index contributed by atoms with van der Waals surface area (Å²) in [5, 5.41) is 1.15. The maximum absolute atomic E-state index is 5.35. The van der Waals surface area contributed by atoms with Crippen LogP contribution in [0.25, 0.3) is 0 Å². The average Bonchev–Trinajstić information content (AvgIpc) is 2.19. The third-order valence-corrected chi connectivity index (χ3v) is 3.49. The molecule has 78 valence electrons. The molecule has 1 saturated heterocycles. The topological polar surface area (TPSA) is 12.5 Å². The van der Waals surface area contributed by atoms with Gasteiger partial charge >= 0.3 is 0 Å². The number of likely N-dealkylation sites (tertiary alicyclic amines) is 1. The first-order valence-electron chi connectivity index (χ1n) is 5.23. The second-order valence-electron chi connectivity index (χ2n) is 3.66. The Morgan fingerprint density at radius 2 is 2.38 bits per heavy atom. The van der Waals surface area contributed by atoms with Crippen molar-refractivity contribution < 1.29 is 4.74 Å². The number of halogens is 1. The SMILES string of the molecule is CCOCCN1CCCC(CBr)C1. The Bertz CT molecular complexity index is 132. The van der Waals surface area contributed by atoms with E-state index in [9.17, 15) is 0 Å². The van der Waals surface area contributed by atoms with Crippen LogP contribution >= 0.6 is 15.9 Å². The summed E-state index contributed by atoms with van der Waals surface area (Å²) >= 11 is 3.56. The minimum absolute atomic E-state index is 0.843. The number of ether oxygens (including phenoxy) is 1. The predicted octanol–water partition coefficient (Wildman–Crippen LogP) is 2.13. The molecule has 13 heavy (non-hydrogen) atoms. The highest BCUT2D eigenvalue weighted by atomic mass is 79.9. The Hall–Kier alpha value is 0.400. The van der Waals surface area contributed by atoms with E-state index >= 15 is 0 Å². The van der Waals surface area contributed by atoms with E-state index in [1.807, 2.05) is 0 Å². The number of piperidine rings is 1. The molecule has 2 nitrogen and oxygen atoms in total. The van der Waals surface area contributed by atoms with Gasteiger partial charge in [-0.25, -0.2) is 0 Å². The summed E-state index contributed by atoms with van der Waals surface area (Å²) < 4.78 is 5.35. The van der Waals surface area contributed by atoms with Crippen LogP contribution in [0.5, 0.6) is 0 Å². The van der Waals surface area contributed by atoms with Crippen molar-refractivity contribution in [3.63, 3.8) is 0 Å². The predicted molar refractivity (Wildman–Crippen MR) is 59.5 cm³/mol. The van der Waals surface area contributed by atoms with Gasteiger partial charge in [-0.05, 0) is 32.2 Å². The van der Waals surface area contributed by atoms with Gasteiger partial charge in [0.1, 0.15) is 0 Å². The number of alkyl halides is 1. The Morgan fingerprint density at radius 1 is 1.54 bits per heavy atom. The van der Waals surface area contributed by atoms with Gasteiger partial charge in [-0.3, -0.25) is 0 Å². The second kappa shape index (κ2) is 6.80. The molecular weight excluding hydrogens is 230 g/mol. The van der Waals surface area contributed by atoms with Gasteiger partial charge in [-0.15, -0.1) is 0 Å². The molecular formula is C10H20BrNO. The maximum atomic E-state index is 5.35. The molecule has 1 atom stereocenters. The summed E-state index contributed by atoms with van der Waals surface area (Å²) in [7, 11) is 0. The molecule has 0 saturated carbocycles. The van der Waals surface area contributed by atoms with E-state index in [4.69, 9.17) is 4.74 Å². The molecule has 0 aromatic heterocycles. The molecule has 1 heterocycles. The number of rotatable bonds is 5. The quantitative estimate of drug-likeness (QED) is 0.547. The molecule has 1 aliphatic rings. The largest absolute Gasteiger partial charge is 0.380 e. The summed E-state index contributed by atoms with van der Waals surface area (Å²) in [6.45, 7) is 7.41. The van der Waals surface area contributed by atoms with Gasteiger partial charge in [0.05, 0.1) is 6.61 Å². The van der Waals surface area contributed by atoms with Crippen LogP contribution < -0.4 is 0 Å². The van der Waals surface area contributed by atoms with E-state index < -0.39 is 0 Å². The Morgan fingerprint density at radius 3 is 3.08 bits per heavy atom. The van der Waals surface area contributed by atoms with Crippen molar-refractivity contribution in [1.82, 2.24) is 4.90 Å². The lowest BCUT2D eigenvalue weighted by molar-refractivity contribution is 0.0952. The first kappa shape index (κ1) is 11.5. The molecule has 0 N–H and O–H groups in total. The monoisotopic (exact) mass is 249 g/mol. The molecule has 1 rings (SSSR count). The zero-order chi connectivity index (χ0) is 9.52. The summed E-state index contributed by atoms with van der Waals surface area (Å²) in [5.74, 6) is 0.857. The Kier molecular flexibility index (Phi) is 6.00. The van der Waals surface area contributed by atoms with Crippen LogP contribution in [-0.4, -0.2) is 43.1 Å². The van der Waals surface area contributed by atoms with Gasteiger partial charge in [0, 0.05) is 25.0 Å². The van der Waals surface area contributed by atoms with Crippen molar-refractivity contribution in [1.29, 1.82) is 0 Å². The van der Waals surface area contributed by atoms with Gasteiger partial charge in [0.25, 0.3) is 0 Å². The third kappa shape index (κ3) is 4.43. The van der Waals surface area contributed by atoms with Gasteiger partial charge < -0.3 is 9.64 Å². The number of hydrogen-bond donors (Lipinski definition) is 0. The molecule has 0 spiro atoms. The normalized spacial score (nSPS) is 24.9. The van der Waals surface area contributed by atoms with Crippen LogP contribution in [-0.2, 0) is 4.74 Å². The highest BCUT2D eigenvalue weighted by Gasteiger charge is 2.17. The number of hydrogen-bond acceptors (Lipinski definition) is 2. The molecule has 0 aromatic carbocycles. The smallest absolute Gasteiger partial charge is 0.0593 e. The minimum Gasteiger partial charge on any atom is -0.380 e. The molecule has 0 aromatic rings. The standard InChI is InChI=1S/C10H20BrNO/c1-2-13-7-6-12-5-3-4-10(8-11)9-12/h10H,2-9H2,1H3. The summed E-state index contributed by atoms with van der Waals surface area (Å²) in [6, 6.07) is 0.